The number of aromatic nitrogens is 1. The molecule has 0 spiro atoms. The molecule has 150 valence electrons. The third-order valence-corrected chi connectivity index (χ3v) is 5.36. The smallest absolute Gasteiger partial charge is 0.254 e. The predicted octanol–water partition coefficient (Wildman–Crippen LogP) is 1.54. The molecule has 7 nitrogen and oxygen atoms in total. The van der Waals surface area contributed by atoms with E-state index >= 15 is 0 Å². The third kappa shape index (κ3) is 4.25. The van der Waals surface area contributed by atoms with E-state index in [1.807, 2.05) is 24.3 Å². The number of fused-ring (bicyclic) bond motifs is 1. The summed E-state index contributed by atoms with van der Waals surface area (Å²) in [6.07, 6.45) is 2.05. The highest BCUT2D eigenvalue weighted by Gasteiger charge is 2.28. The minimum Gasteiger partial charge on any atom is -0.385 e. The molecular weight excluding hydrogens is 358 g/mol. The number of amides is 2. The number of methoxy groups -OCH3 is 1. The lowest BCUT2D eigenvalue weighted by molar-refractivity contribution is -0.126. The van der Waals surface area contributed by atoms with Gasteiger partial charge in [0.2, 0.25) is 5.91 Å². The Hall–Kier alpha value is -2.67. The zero-order valence-corrected chi connectivity index (χ0v) is 16.4. The molecule has 1 aromatic carbocycles. The largest absolute Gasteiger partial charge is 0.385 e. The quantitative estimate of drug-likeness (QED) is 0.765. The van der Waals surface area contributed by atoms with E-state index in [4.69, 9.17) is 4.74 Å². The van der Waals surface area contributed by atoms with Crippen LogP contribution < -0.4 is 10.9 Å². The van der Waals surface area contributed by atoms with Gasteiger partial charge in [0.15, 0.2) is 0 Å². The van der Waals surface area contributed by atoms with Gasteiger partial charge in [0.1, 0.15) is 0 Å². The van der Waals surface area contributed by atoms with Crippen molar-refractivity contribution in [1.82, 2.24) is 14.8 Å². The van der Waals surface area contributed by atoms with Gasteiger partial charge in [0.05, 0.1) is 11.1 Å². The van der Waals surface area contributed by atoms with Crippen LogP contribution in [0, 0.1) is 5.92 Å². The normalized spacial score (nSPS) is 15.0. The summed E-state index contributed by atoms with van der Waals surface area (Å²) >= 11 is 0. The zero-order chi connectivity index (χ0) is 20.1. The van der Waals surface area contributed by atoms with Gasteiger partial charge in [0, 0.05) is 57.8 Å². The molecule has 1 fully saturated rings. The van der Waals surface area contributed by atoms with Crippen molar-refractivity contribution in [3.05, 3.63) is 46.2 Å². The summed E-state index contributed by atoms with van der Waals surface area (Å²) in [7, 11) is 3.34. The van der Waals surface area contributed by atoms with Crippen LogP contribution in [0.5, 0.6) is 0 Å². The maximum Gasteiger partial charge on any atom is 0.254 e. The number of carbonyl (C=O) groups is 2. The Morgan fingerprint density at radius 2 is 1.93 bits per heavy atom. The fourth-order valence-electron chi connectivity index (χ4n) is 3.68. The number of piperidine rings is 1. The Balaban J connectivity index is 1.66. The van der Waals surface area contributed by atoms with Crippen LogP contribution in [-0.4, -0.2) is 54.6 Å². The van der Waals surface area contributed by atoms with E-state index in [0.29, 0.717) is 44.6 Å². The molecular formula is C21H27N3O4. The maximum atomic E-state index is 13.1. The standard InChI is InChI=1S/C21H27N3O4/c1-23-18-7-4-3-6-16(18)17(14-19(23)25)21(27)24-11-8-15(9-12-24)20(26)22-10-5-13-28-2/h3-4,6-7,14-15H,5,8-13H2,1-2H3,(H,22,26). The van der Waals surface area contributed by atoms with Crippen LogP contribution in [0.3, 0.4) is 0 Å². The second-order valence-electron chi connectivity index (χ2n) is 7.18. The fourth-order valence-corrected chi connectivity index (χ4v) is 3.68. The van der Waals surface area contributed by atoms with Crippen LogP contribution in [0.25, 0.3) is 10.9 Å². The van der Waals surface area contributed by atoms with Crippen LogP contribution in [0.4, 0.5) is 0 Å². The van der Waals surface area contributed by atoms with Gasteiger partial charge in [-0.3, -0.25) is 14.4 Å². The van der Waals surface area contributed by atoms with Crippen LogP contribution in [-0.2, 0) is 16.6 Å². The van der Waals surface area contributed by atoms with Gasteiger partial charge in [-0.1, -0.05) is 18.2 Å². The molecule has 1 aliphatic heterocycles. The van der Waals surface area contributed by atoms with Crippen LogP contribution >= 0.6 is 0 Å². The number of carbonyl (C=O) groups excluding carboxylic acids is 2. The maximum absolute atomic E-state index is 13.1. The highest BCUT2D eigenvalue weighted by molar-refractivity contribution is 6.06. The van der Waals surface area contributed by atoms with E-state index in [0.717, 1.165) is 17.3 Å². The minimum atomic E-state index is -0.202. The molecule has 0 unspecified atom stereocenters. The first-order chi connectivity index (χ1) is 13.5. The summed E-state index contributed by atoms with van der Waals surface area (Å²) in [6, 6.07) is 8.84. The van der Waals surface area contributed by atoms with E-state index in [1.165, 1.54) is 6.07 Å². The molecule has 7 heteroatoms. The summed E-state index contributed by atoms with van der Waals surface area (Å²) in [4.78, 5) is 39.3. The molecule has 0 saturated carbocycles. The van der Waals surface area contributed by atoms with Crippen molar-refractivity contribution in [1.29, 1.82) is 0 Å². The molecule has 3 rings (SSSR count). The molecule has 0 atom stereocenters. The highest BCUT2D eigenvalue weighted by atomic mass is 16.5. The number of para-hydroxylation sites is 1. The molecule has 0 aliphatic carbocycles. The Kier molecular flexibility index (Phi) is 6.46. The van der Waals surface area contributed by atoms with Gasteiger partial charge in [-0.05, 0) is 25.3 Å². The van der Waals surface area contributed by atoms with Crippen molar-refractivity contribution in [3.63, 3.8) is 0 Å². The molecule has 2 heterocycles. The molecule has 1 aromatic heterocycles. The number of ether oxygens (including phenoxy) is 1. The number of nitrogens with zero attached hydrogens (tertiary/aromatic N) is 2. The Bertz CT molecular complexity index is 913. The molecule has 1 N–H and O–H groups in total. The van der Waals surface area contributed by atoms with E-state index in [2.05, 4.69) is 5.32 Å². The highest BCUT2D eigenvalue weighted by Crippen LogP contribution is 2.22. The van der Waals surface area contributed by atoms with Gasteiger partial charge in [-0.15, -0.1) is 0 Å². The van der Waals surface area contributed by atoms with E-state index < -0.39 is 0 Å². The molecule has 0 bridgehead atoms. The summed E-state index contributed by atoms with van der Waals surface area (Å²) in [5.41, 5.74) is 0.970. The van der Waals surface area contributed by atoms with Crippen molar-refractivity contribution >= 4 is 22.7 Å². The van der Waals surface area contributed by atoms with E-state index in [1.54, 1.807) is 23.6 Å². The summed E-state index contributed by atoms with van der Waals surface area (Å²) in [6.45, 7) is 2.25. The second-order valence-corrected chi connectivity index (χ2v) is 7.18. The van der Waals surface area contributed by atoms with Crippen LogP contribution in [0.15, 0.2) is 35.1 Å². The molecule has 1 saturated heterocycles. The molecule has 2 aromatic rings. The zero-order valence-electron chi connectivity index (χ0n) is 16.4. The lowest BCUT2D eigenvalue weighted by Crippen LogP contribution is -2.43. The van der Waals surface area contributed by atoms with Crippen molar-refractivity contribution < 1.29 is 14.3 Å². The van der Waals surface area contributed by atoms with E-state index in [9.17, 15) is 14.4 Å². The van der Waals surface area contributed by atoms with Crippen LogP contribution in [0.2, 0.25) is 0 Å². The van der Waals surface area contributed by atoms with Gasteiger partial charge in [-0.25, -0.2) is 0 Å². The number of hydrogen-bond donors (Lipinski definition) is 1. The van der Waals surface area contributed by atoms with Crippen LogP contribution in [0.1, 0.15) is 29.6 Å². The Labute approximate surface area is 164 Å². The van der Waals surface area contributed by atoms with Crippen molar-refractivity contribution in [3.8, 4) is 0 Å². The average Bonchev–Trinajstić information content (AvgIpc) is 2.73. The Morgan fingerprint density at radius 3 is 2.64 bits per heavy atom. The monoisotopic (exact) mass is 385 g/mol. The number of benzene rings is 1. The number of rotatable bonds is 6. The van der Waals surface area contributed by atoms with Crippen molar-refractivity contribution in [2.45, 2.75) is 19.3 Å². The van der Waals surface area contributed by atoms with Crippen molar-refractivity contribution in [2.75, 3.05) is 33.4 Å². The number of pyridine rings is 1. The summed E-state index contributed by atoms with van der Waals surface area (Å²) in [5.74, 6) is -0.179. The number of aryl methyl sites for hydroxylation is 1. The van der Waals surface area contributed by atoms with Crippen molar-refractivity contribution in [2.24, 2.45) is 13.0 Å². The predicted molar refractivity (Wildman–Crippen MR) is 107 cm³/mol. The third-order valence-electron chi connectivity index (χ3n) is 5.36. The minimum absolute atomic E-state index is 0.0437. The first kappa shape index (κ1) is 20.1. The fraction of sp³-hybridized carbons (Fsp3) is 0.476. The Morgan fingerprint density at radius 1 is 1.21 bits per heavy atom. The topological polar surface area (TPSA) is 80.6 Å². The first-order valence-electron chi connectivity index (χ1n) is 9.67. The molecule has 28 heavy (non-hydrogen) atoms. The molecule has 1 aliphatic rings. The molecule has 2 amide bonds. The van der Waals surface area contributed by atoms with Gasteiger partial charge >= 0.3 is 0 Å². The number of likely N-dealkylation sites (tertiary alicyclic amines) is 1. The lowest BCUT2D eigenvalue weighted by Gasteiger charge is -2.31. The SMILES string of the molecule is COCCCNC(=O)C1CCN(C(=O)c2cc(=O)n(C)c3ccccc23)CC1. The number of nitrogens with one attached hydrogen (secondary N) is 1. The van der Waals surface area contributed by atoms with Gasteiger partial charge < -0.3 is 19.5 Å². The number of hydrogen-bond acceptors (Lipinski definition) is 4. The summed E-state index contributed by atoms with van der Waals surface area (Å²) < 4.78 is 6.53. The second kappa shape index (κ2) is 9.01. The van der Waals surface area contributed by atoms with Gasteiger partial charge in [-0.2, -0.15) is 0 Å². The van der Waals surface area contributed by atoms with E-state index in [-0.39, 0.29) is 23.3 Å². The summed E-state index contributed by atoms with van der Waals surface area (Å²) in [5, 5.41) is 3.71. The van der Waals surface area contributed by atoms with Gasteiger partial charge in [0.25, 0.3) is 11.5 Å². The average molecular weight is 385 g/mol. The molecule has 0 radical (unpaired) electrons. The lowest BCUT2D eigenvalue weighted by atomic mass is 9.95. The first-order valence-corrected chi connectivity index (χ1v) is 9.67.